The van der Waals surface area contributed by atoms with E-state index in [1.807, 2.05) is 0 Å². The Balaban J connectivity index is 2.19. The summed E-state index contributed by atoms with van der Waals surface area (Å²) < 4.78 is 5.46. The number of hydrogen-bond donors (Lipinski definition) is 0. The molecule has 1 rings (SSSR count). The largest absolute Gasteiger partial charge is 0.376 e. The molecule has 0 unspecified atom stereocenters. The molecule has 0 atom stereocenters. The lowest BCUT2D eigenvalue weighted by Gasteiger charge is -2.47. The van der Waals surface area contributed by atoms with E-state index in [0.717, 1.165) is 19.7 Å². The van der Waals surface area contributed by atoms with Crippen LogP contribution < -0.4 is 0 Å². The molecule has 0 aromatic carbocycles. The maximum Gasteiger partial charge on any atom is 0.0828 e. The first kappa shape index (κ1) is 9.01. The van der Waals surface area contributed by atoms with Gasteiger partial charge in [0.25, 0.3) is 0 Å². The zero-order valence-corrected chi connectivity index (χ0v) is 8.05. The van der Waals surface area contributed by atoms with Crippen molar-refractivity contribution in [1.82, 2.24) is 4.90 Å². The van der Waals surface area contributed by atoms with E-state index in [2.05, 4.69) is 32.6 Å². The van der Waals surface area contributed by atoms with E-state index in [1.54, 1.807) is 0 Å². The van der Waals surface area contributed by atoms with Gasteiger partial charge in [0.2, 0.25) is 0 Å². The second-order valence-corrected chi connectivity index (χ2v) is 4.15. The van der Waals surface area contributed by atoms with Crippen molar-refractivity contribution in [2.45, 2.75) is 39.3 Å². The molecular formula is C9H19NO. The van der Waals surface area contributed by atoms with Crippen molar-refractivity contribution in [2.75, 3.05) is 19.7 Å². The second-order valence-electron chi connectivity index (χ2n) is 4.15. The summed E-state index contributed by atoms with van der Waals surface area (Å²) in [6.07, 6.45) is 0.499. The van der Waals surface area contributed by atoms with Crippen molar-refractivity contribution in [3.8, 4) is 0 Å². The fourth-order valence-electron chi connectivity index (χ4n) is 1.33. The summed E-state index contributed by atoms with van der Waals surface area (Å²) >= 11 is 0. The smallest absolute Gasteiger partial charge is 0.0828 e. The maximum absolute atomic E-state index is 5.46. The Bertz CT molecular complexity index is 122. The fourth-order valence-corrected chi connectivity index (χ4v) is 1.33. The SMILES string of the molecule is CCOC1CN(C(C)(C)C)C1. The highest BCUT2D eigenvalue weighted by Crippen LogP contribution is 2.22. The van der Waals surface area contributed by atoms with E-state index in [9.17, 15) is 0 Å². The molecule has 11 heavy (non-hydrogen) atoms. The van der Waals surface area contributed by atoms with Gasteiger partial charge in [-0.2, -0.15) is 0 Å². The quantitative estimate of drug-likeness (QED) is 0.602. The molecule has 0 N–H and O–H groups in total. The molecule has 0 saturated carbocycles. The third kappa shape index (κ3) is 2.17. The molecule has 0 aromatic heterocycles. The summed E-state index contributed by atoms with van der Waals surface area (Å²) in [6, 6.07) is 0. The predicted octanol–water partition coefficient (Wildman–Crippen LogP) is 1.51. The van der Waals surface area contributed by atoms with Crippen LogP contribution in [0.2, 0.25) is 0 Å². The second kappa shape index (κ2) is 3.11. The summed E-state index contributed by atoms with van der Waals surface area (Å²) in [6.45, 7) is 11.9. The van der Waals surface area contributed by atoms with Gasteiger partial charge in [0, 0.05) is 25.2 Å². The first-order valence-corrected chi connectivity index (χ1v) is 4.40. The number of nitrogens with zero attached hydrogens (tertiary/aromatic N) is 1. The molecular weight excluding hydrogens is 138 g/mol. The molecule has 0 spiro atoms. The van der Waals surface area contributed by atoms with Crippen LogP contribution in [0.1, 0.15) is 27.7 Å². The average Bonchev–Trinajstić information content (AvgIpc) is 1.74. The van der Waals surface area contributed by atoms with Crippen molar-refractivity contribution in [1.29, 1.82) is 0 Å². The molecule has 1 heterocycles. The van der Waals surface area contributed by atoms with E-state index in [0.29, 0.717) is 11.6 Å². The van der Waals surface area contributed by atoms with Gasteiger partial charge in [0.05, 0.1) is 6.10 Å². The molecule has 66 valence electrons. The first-order valence-electron chi connectivity index (χ1n) is 4.40. The molecule has 0 amide bonds. The molecule has 2 nitrogen and oxygen atoms in total. The Hall–Kier alpha value is -0.0800. The molecule has 0 aliphatic carbocycles. The van der Waals surface area contributed by atoms with Gasteiger partial charge in [-0.15, -0.1) is 0 Å². The molecule has 0 aromatic rings. The monoisotopic (exact) mass is 157 g/mol. The minimum absolute atomic E-state index is 0.327. The normalized spacial score (nSPS) is 21.8. The first-order chi connectivity index (χ1) is 5.04. The van der Waals surface area contributed by atoms with E-state index >= 15 is 0 Å². The highest BCUT2D eigenvalue weighted by molar-refractivity contribution is 4.89. The Kier molecular flexibility index (Phi) is 2.55. The van der Waals surface area contributed by atoms with Crippen LogP contribution in [0.5, 0.6) is 0 Å². The van der Waals surface area contributed by atoms with Crippen LogP contribution in [0.3, 0.4) is 0 Å². The molecule has 1 aliphatic rings. The lowest BCUT2D eigenvalue weighted by atomic mass is 9.99. The summed E-state index contributed by atoms with van der Waals surface area (Å²) in [5.74, 6) is 0. The van der Waals surface area contributed by atoms with Gasteiger partial charge in [-0.1, -0.05) is 0 Å². The average molecular weight is 157 g/mol. The zero-order chi connectivity index (χ0) is 8.48. The van der Waals surface area contributed by atoms with Crippen LogP contribution >= 0.6 is 0 Å². The number of likely N-dealkylation sites (tertiary alicyclic amines) is 1. The zero-order valence-electron chi connectivity index (χ0n) is 8.05. The van der Waals surface area contributed by atoms with Crippen molar-refractivity contribution >= 4 is 0 Å². The Labute approximate surface area is 69.5 Å². The summed E-state index contributed by atoms with van der Waals surface area (Å²) in [5.41, 5.74) is 0.327. The minimum Gasteiger partial charge on any atom is -0.376 e. The van der Waals surface area contributed by atoms with Gasteiger partial charge in [0.1, 0.15) is 0 Å². The number of ether oxygens (including phenoxy) is 1. The molecule has 1 aliphatic heterocycles. The molecule has 0 radical (unpaired) electrons. The third-order valence-corrected chi connectivity index (χ3v) is 2.20. The summed E-state index contributed by atoms with van der Waals surface area (Å²) in [4.78, 5) is 2.44. The predicted molar refractivity (Wildman–Crippen MR) is 46.7 cm³/mol. The molecule has 1 saturated heterocycles. The van der Waals surface area contributed by atoms with Crippen LogP contribution in [0.4, 0.5) is 0 Å². The number of hydrogen-bond acceptors (Lipinski definition) is 2. The summed E-state index contributed by atoms with van der Waals surface area (Å²) in [5, 5.41) is 0. The minimum atomic E-state index is 0.327. The summed E-state index contributed by atoms with van der Waals surface area (Å²) in [7, 11) is 0. The van der Waals surface area contributed by atoms with Crippen LogP contribution in [0, 0.1) is 0 Å². The van der Waals surface area contributed by atoms with Crippen molar-refractivity contribution in [3.63, 3.8) is 0 Å². The van der Waals surface area contributed by atoms with Gasteiger partial charge < -0.3 is 4.74 Å². The maximum atomic E-state index is 5.46. The Morgan fingerprint density at radius 1 is 1.36 bits per heavy atom. The molecule has 0 bridgehead atoms. The van der Waals surface area contributed by atoms with Gasteiger partial charge in [-0.05, 0) is 27.7 Å². The van der Waals surface area contributed by atoms with Gasteiger partial charge in [-0.25, -0.2) is 0 Å². The van der Waals surface area contributed by atoms with Gasteiger partial charge in [-0.3, -0.25) is 4.90 Å². The van der Waals surface area contributed by atoms with Crippen LogP contribution in [0.25, 0.3) is 0 Å². The van der Waals surface area contributed by atoms with E-state index in [4.69, 9.17) is 4.74 Å². The van der Waals surface area contributed by atoms with E-state index < -0.39 is 0 Å². The lowest BCUT2D eigenvalue weighted by Crippen LogP contribution is -2.59. The molecule has 2 heteroatoms. The van der Waals surface area contributed by atoms with Crippen LogP contribution in [-0.4, -0.2) is 36.2 Å². The lowest BCUT2D eigenvalue weighted by molar-refractivity contribution is -0.0850. The van der Waals surface area contributed by atoms with Crippen LogP contribution in [-0.2, 0) is 4.74 Å². The van der Waals surface area contributed by atoms with Crippen LogP contribution in [0.15, 0.2) is 0 Å². The van der Waals surface area contributed by atoms with Gasteiger partial charge >= 0.3 is 0 Å². The van der Waals surface area contributed by atoms with Crippen molar-refractivity contribution in [3.05, 3.63) is 0 Å². The van der Waals surface area contributed by atoms with Gasteiger partial charge in [0.15, 0.2) is 0 Å². The number of rotatable bonds is 2. The van der Waals surface area contributed by atoms with E-state index in [1.165, 1.54) is 0 Å². The molecule has 1 fully saturated rings. The Morgan fingerprint density at radius 2 is 1.91 bits per heavy atom. The standard InChI is InChI=1S/C9H19NO/c1-5-11-8-6-10(7-8)9(2,3)4/h8H,5-7H2,1-4H3. The highest BCUT2D eigenvalue weighted by Gasteiger charge is 2.34. The van der Waals surface area contributed by atoms with E-state index in [-0.39, 0.29) is 0 Å². The highest BCUT2D eigenvalue weighted by atomic mass is 16.5. The topological polar surface area (TPSA) is 12.5 Å². The van der Waals surface area contributed by atoms with Crippen molar-refractivity contribution < 1.29 is 4.74 Å². The Morgan fingerprint density at radius 3 is 2.27 bits per heavy atom. The van der Waals surface area contributed by atoms with Crippen molar-refractivity contribution in [2.24, 2.45) is 0 Å². The third-order valence-electron chi connectivity index (χ3n) is 2.20. The fraction of sp³-hybridized carbons (Fsp3) is 1.00.